The van der Waals surface area contributed by atoms with Crippen LogP contribution in [0.3, 0.4) is 0 Å². The summed E-state index contributed by atoms with van der Waals surface area (Å²) in [7, 11) is 0. The van der Waals surface area contributed by atoms with Crippen LogP contribution in [-0.2, 0) is 19.1 Å². The first kappa shape index (κ1) is 23.9. The predicted octanol–water partition coefficient (Wildman–Crippen LogP) is 2.95. The van der Waals surface area contributed by atoms with Gasteiger partial charge in [0, 0.05) is 24.1 Å². The molecule has 1 aromatic heterocycles. The first-order chi connectivity index (χ1) is 15.8. The summed E-state index contributed by atoms with van der Waals surface area (Å²) in [6.45, 7) is 5.18. The number of nitrogens with one attached hydrogen (secondary N) is 1. The third-order valence-corrected chi connectivity index (χ3v) is 5.30. The summed E-state index contributed by atoms with van der Waals surface area (Å²) in [5.74, 6) is -1.92. The molecule has 1 N–H and O–H groups in total. The van der Waals surface area contributed by atoms with Gasteiger partial charge in [0.05, 0.1) is 25.3 Å². The van der Waals surface area contributed by atoms with Crippen molar-refractivity contribution in [1.82, 2.24) is 9.99 Å². The largest absolute Gasteiger partial charge is 0.461 e. The Morgan fingerprint density at radius 1 is 1.06 bits per heavy atom. The fraction of sp³-hybridized carbons (Fsp3) is 0.375. The van der Waals surface area contributed by atoms with Crippen molar-refractivity contribution in [2.24, 2.45) is 5.10 Å². The minimum absolute atomic E-state index is 0.0617. The number of aryl methyl sites for hydroxylation is 1. The van der Waals surface area contributed by atoms with Crippen molar-refractivity contribution in [1.29, 1.82) is 0 Å². The zero-order chi connectivity index (χ0) is 24.0. The number of esters is 2. The Hall–Kier alpha value is -3.75. The zero-order valence-corrected chi connectivity index (χ0v) is 19.0. The van der Waals surface area contributed by atoms with E-state index in [1.54, 1.807) is 20.8 Å². The SMILES string of the molecule is CCOC(=O)c1[nH]c(C)c(C(=O)COC(=O)CCC(=O)N2CCC(c3ccccc3)=N2)c1C. The molecular weight excluding hydrogens is 426 g/mol. The van der Waals surface area contributed by atoms with Gasteiger partial charge in [0.15, 0.2) is 6.61 Å². The summed E-state index contributed by atoms with van der Waals surface area (Å²) < 4.78 is 10.0. The number of nitrogens with zero attached hydrogens (tertiary/aromatic N) is 2. The minimum Gasteiger partial charge on any atom is -0.461 e. The number of H-pyrrole nitrogens is 1. The van der Waals surface area contributed by atoms with Gasteiger partial charge in [-0.05, 0) is 31.9 Å². The number of ether oxygens (including phenoxy) is 2. The second-order valence-electron chi connectivity index (χ2n) is 7.61. The topological polar surface area (TPSA) is 118 Å². The number of aromatic amines is 1. The summed E-state index contributed by atoms with van der Waals surface area (Å²) in [6, 6.07) is 9.60. The molecule has 2 heterocycles. The first-order valence-corrected chi connectivity index (χ1v) is 10.8. The van der Waals surface area contributed by atoms with Crippen molar-refractivity contribution in [3.63, 3.8) is 0 Å². The van der Waals surface area contributed by atoms with Crippen LogP contribution in [0.5, 0.6) is 0 Å². The third kappa shape index (κ3) is 5.74. The fourth-order valence-electron chi connectivity index (χ4n) is 3.67. The molecule has 33 heavy (non-hydrogen) atoms. The second kappa shape index (κ2) is 10.7. The maximum Gasteiger partial charge on any atom is 0.355 e. The van der Waals surface area contributed by atoms with Crippen molar-refractivity contribution in [2.45, 2.75) is 40.0 Å². The van der Waals surface area contributed by atoms with E-state index in [9.17, 15) is 19.2 Å². The Morgan fingerprint density at radius 3 is 2.48 bits per heavy atom. The Morgan fingerprint density at radius 2 is 1.79 bits per heavy atom. The molecule has 1 aliphatic rings. The Labute approximate surface area is 191 Å². The number of aromatic nitrogens is 1. The van der Waals surface area contributed by atoms with Gasteiger partial charge in [0.2, 0.25) is 11.7 Å². The molecule has 0 spiro atoms. The van der Waals surface area contributed by atoms with E-state index >= 15 is 0 Å². The molecular formula is C24H27N3O6. The van der Waals surface area contributed by atoms with Crippen molar-refractivity contribution in [3.05, 3.63) is 58.4 Å². The first-order valence-electron chi connectivity index (χ1n) is 10.8. The van der Waals surface area contributed by atoms with Crippen LogP contribution in [0.25, 0.3) is 0 Å². The molecule has 9 nitrogen and oxygen atoms in total. The number of Topliss-reactive ketones (excluding diaryl/α,β-unsaturated/α-hetero) is 1. The average molecular weight is 453 g/mol. The number of hydrazone groups is 1. The molecule has 0 atom stereocenters. The number of hydrogen-bond donors (Lipinski definition) is 1. The summed E-state index contributed by atoms with van der Waals surface area (Å²) in [5, 5.41) is 5.72. The summed E-state index contributed by atoms with van der Waals surface area (Å²) in [6.07, 6.45) is 0.434. The van der Waals surface area contributed by atoms with Gasteiger partial charge in [-0.15, -0.1) is 0 Å². The van der Waals surface area contributed by atoms with Crippen molar-refractivity contribution in [3.8, 4) is 0 Å². The minimum atomic E-state index is -0.653. The van der Waals surface area contributed by atoms with Crippen LogP contribution >= 0.6 is 0 Å². The molecule has 2 aromatic rings. The Bertz CT molecular complexity index is 1090. The molecule has 0 unspecified atom stereocenters. The van der Waals surface area contributed by atoms with Crippen molar-refractivity contribution >= 4 is 29.3 Å². The van der Waals surface area contributed by atoms with Crippen LogP contribution in [0, 0.1) is 13.8 Å². The van der Waals surface area contributed by atoms with E-state index in [0.29, 0.717) is 29.8 Å². The molecule has 1 aliphatic heterocycles. The van der Waals surface area contributed by atoms with Crippen LogP contribution in [0.2, 0.25) is 0 Å². The van der Waals surface area contributed by atoms with E-state index in [-0.39, 0.29) is 31.0 Å². The van der Waals surface area contributed by atoms with Gasteiger partial charge in [-0.25, -0.2) is 9.80 Å². The molecule has 0 fully saturated rings. The van der Waals surface area contributed by atoms with E-state index < -0.39 is 24.3 Å². The number of amides is 1. The van der Waals surface area contributed by atoms with Gasteiger partial charge in [-0.3, -0.25) is 14.4 Å². The average Bonchev–Trinajstić information content (AvgIpc) is 3.41. The lowest BCUT2D eigenvalue weighted by Crippen LogP contribution is -2.24. The molecule has 0 aliphatic carbocycles. The predicted molar refractivity (Wildman–Crippen MR) is 120 cm³/mol. The standard InChI is InChI=1S/C24H27N3O6/c1-4-32-24(31)23-15(2)22(16(3)25-23)19(28)14-33-21(30)11-10-20(29)27-13-12-18(26-27)17-8-6-5-7-9-17/h5-9,25H,4,10-14H2,1-3H3. The lowest BCUT2D eigenvalue weighted by Gasteiger charge is -2.11. The zero-order valence-electron chi connectivity index (χ0n) is 19.0. The normalized spacial score (nSPS) is 12.9. The highest BCUT2D eigenvalue weighted by atomic mass is 16.5. The maximum atomic E-state index is 12.6. The highest BCUT2D eigenvalue weighted by Gasteiger charge is 2.25. The molecule has 3 rings (SSSR count). The van der Waals surface area contributed by atoms with Crippen LogP contribution < -0.4 is 0 Å². The molecule has 174 valence electrons. The number of carbonyl (C=O) groups is 4. The van der Waals surface area contributed by atoms with Crippen LogP contribution in [0.15, 0.2) is 35.4 Å². The quantitative estimate of drug-likeness (QED) is 0.461. The second-order valence-corrected chi connectivity index (χ2v) is 7.61. The van der Waals surface area contributed by atoms with E-state index in [1.807, 2.05) is 30.3 Å². The van der Waals surface area contributed by atoms with Gasteiger partial charge in [-0.2, -0.15) is 5.10 Å². The Balaban J connectivity index is 1.49. The van der Waals surface area contributed by atoms with Gasteiger partial charge < -0.3 is 14.5 Å². The van der Waals surface area contributed by atoms with E-state index in [0.717, 1.165) is 11.3 Å². The number of benzene rings is 1. The van der Waals surface area contributed by atoms with E-state index in [4.69, 9.17) is 9.47 Å². The lowest BCUT2D eigenvalue weighted by molar-refractivity contribution is -0.145. The third-order valence-electron chi connectivity index (χ3n) is 5.30. The molecule has 1 amide bonds. The monoisotopic (exact) mass is 453 g/mol. The molecule has 0 bridgehead atoms. The van der Waals surface area contributed by atoms with Crippen LogP contribution in [0.4, 0.5) is 0 Å². The van der Waals surface area contributed by atoms with Crippen LogP contribution in [-0.4, -0.2) is 59.1 Å². The number of ketones is 1. The molecule has 0 radical (unpaired) electrons. The van der Waals surface area contributed by atoms with Crippen molar-refractivity contribution in [2.75, 3.05) is 19.8 Å². The van der Waals surface area contributed by atoms with Gasteiger partial charge in [0.25, 0.3) is 0 Å². The summed E-state index contributed by atoms with van der Waals surface area (Å²) in [4.78, 5) is 51.9. The van der Waals surface area contributed by atoms with Gasteiger partial charge in [0.1, 0.15) is 5.69 Å². The van der Waals surface area contributed by atoms with Crippen molar-refractivity contribution < 1.29 is 28.7 Å². The van der Waals surface area contributed by atoms with Gasteiger partial charge >= 0.3 is 11.9 Å². The molecule has 9 heteroatoms. The van der Waals surface area contributed by atoms with E-state index in [2.05, 4.69) is 10.1 Å². The Kier molecular flexibility index (Phi) is 7.76. The molecule has 0 saturated heterocycles. The van der Waals surface area contributed by atoms with E-state index in [1.165, 1.54) is 5.01 Å². The summed E-state index contributed by atoms with van der Waals surface area (Å²) >= 11 is 0. The highest BCUT2D eigenvalue weighted by molar-refractivity contribution is 6.04. The van der Waals surface area contributed by atoms with Crippen LogP contribution in [0.1, 0.15) is 63.9 Å². The maximum absolute atomic E-state index is 12.6. The smallest absolute Gasteiger partial charge is 0.355 e. The highest BCUT2D eigenvalue weighted by Crippen LogP contribution is 2.20. The molecule has 0 saturated carbocycles. The number of hydrogen-bond acceptors (Lipinski definition) is 7. The lowest BCUT2D eigenvalue weighted by atomic mass is 10.1. The summed E-state index contributed by atoms with van der Waals surface area (Å²) in [5.41, 5.74) is 3.23. The van der Waals surface area contributed by atoms with Gasteiger partial charge in [-0.1, -0.05) is 30.3 Å². The number of rotatable bonds is 9. The number of carbonyl (C=O) groups excluding carboxylic acids is 4. The molecule has 1 aromatic carbocycles. The fourth-order valence-corrected chi connectivity index (χ4v) is 3.67.